The molecule has 0 amide bonds. The number of hydrogen-bond donors (Lipinski definition) is 1. The summed E-state index contributed by atoms with van der Waals surface area (Å²) in [7, 11) is -3.86. The van der Waals surface area contributed by atoms with E-state index in [1.54, 1.807) is 0 Å². The normalized spacial score (nSPS) is 12.2. The smallest absolute Gasteiger partial charge is 0.406 e. The Kier molecular flexibility index (Phi) is 4.96. The van der Waals surface area contributed by atoms with E-state index < -0.39 is 22.1 Å². The van der Waals surface area contributed by atoms with Gasteiger partial charge in [0.15, 0.2) is 0 Å². The molecule has 1 aromatic carbocycles. The first kappa shape index (κ1) is 15.5. The van der Waals surface area contributed by atoms with Gasteiger partial charge in [0.05, 0.1) is 4.90 Å². The van der Waals surface area contributed by atoms with Crippen molar-refractivity contribution >= 4 is 10.0 Å². The number of benzene rings is 1. The summed E-state index contributed by atoms with van der Waals surface area (Å²) in [6.45, 7) is 3.55. The maximum Gasteiger partial charge on any atom is 0.573 e. The van der Waals surface area contributed by atoms with Crippen LogP contribution in [-0.2, 0) is 10.0 Å². The fraction of sp³-hybridized carbons (Fsp3) is 0.273. The van der Waals surface area contributed by atoms with Crippen LogP contribution in [0.5, 0.6) is 5.75 Å². The molecule has 4 nitrogen and oxygen atoms in total. The van der Waals surface area contributed by atoms with Gasteiger partial charge in [0, 0.05) is 12.6 Å². The summed E-state index contributed by atoms with van der Waals surface area (Å²) in [6.07, 6.45) is -2.93. The van der Waals surface area contributed by atoms with Crippen molar-refractivity contribution in [2.24, 2.45) is 0 Å². The van der Waals surface area contributed by atoms with E-state index in [1.165, 1.54) is 18.2 Å². The lowest BCUT2D eigenvalue weighted by Gasteiger charge is -2.10. The van der Waals surface area contributed by atoms with Crippen LogP contribution in [-0.4, -0.2) is 21.3 Å². The Balaban J connectivity index is 2.89. The fourth-order valence-electron chi connectivity index (χ4n) is 1.22. The first-order valence-corrected chi connectivity index (χ1v) is 6.69. The number of halogens is 3. The van der Waals surface area contributed by atoms with E-state index in [-0.39, 0.29) is 11.4 Å². The Morgan fingerprint density at radius 1 is 1.37 bits per heavy atom. The highest BCUT2D eigenvalue weighted by Gasteiger charge is 2.31. The van der Waals surface area contributed by atoms with Gasteiger partial charge in [-0.3, -0.25) is 0 Å². The number of nitrogens with one attached hydrogen (secondary N) is 1. The van der Waals surface area contributed by atoms with Crippen LogP contribution in [0.4, 0.5) is 13.2 Å². The minimum absolute atomic E-state index is 0.121. The van der Waals surface area contributed by atoms with Crippen LogP contribution in [0, 0.1) is 0 Å². The van der Waals surface area contributed by atoms with Gasteiger partial charge >= 0.3 is 6.36 Å². The standard InChI is InChI=1S/C11H12F3NO3S/c1-2-3-7-15-19(16,17)10-6-4-5-9(8-10)18-11(12,13)14/h2,4-6,8,15H,1,3,7H2. The fourth-order valence-corrected chi connectivity index (χ4v) is 2.30. The predicted octanol–water partition coefficient (Wildman–Crippen LogP) is 2.44. The molecule has 8 heteroatoms. The number of ether oxygens (including phenoxy) is 1. The van der Waals surface area contributed by atoms with E-state index >= 15 is 0 Å². The maximum absolute atomic E-state index is 12.0. The van der Waals surface area contributed by atoms with Gasteiger partial charge < -0.3 is 4.74 Å². The largest absolute Gasteiger partial charge is 0.573 e. The van der Waals surface area contributed by atoms with Gasteiger partial charge in [-0.15, -0.1) is 19.8 Å². The van der Waals surface area contributed by atoms with Crippen molar-refractivity contribution in [3.05, 3.63) is 36.9 Å². The molecule has 0 heterocycles. The molecule has 0 aromatic heterocycles. The molecule has 0 saturated carbocycles. The van der Waals surface area contributed by atoms with Gasteiger partial charge in [-0.2, -0.15) is 0 Å². The summed E-state index contributed by atoms with van der Waals surface area (Å²) in [5, 5.41) is 0. The van der Waals surface area contributed by atoms with E-state index in [2.05, 4.69) is 16.0 Å². The van der Waals surface area contributed by atoms with Gasteiger partial charge in [0.25, 0.3) is 0 Å². The molecule has 1 rings (SSSR count). The zero-order chi connectivity index (χ0) is 14.5. The van der Waals surface area contributed by atoms with Crippen LogP contribution in [0.2, 0.25) is 0 Å². The van der Waals surface area contributed by atoms with Gasteiger partial charge in [0.2, 0.25) is 10.0 Å². The molecular weight excluding hydrogens is 283 g/mol. The minimum atomic E-state index is -4.86. The van der Waals surface area contributed by atoms with Gasteiger partial charge in [-0.25, -0.2) is 13.1 Å². The maximum atomic E-state index is 12.0. The van der Waals surface area contributed by atoms with Crippen molar-refractivity contribution < 1.29 is 26.3 Å². The number of sulfonamides is 1. The van der Waals surface area contributed by atoms with E-state index in [1.807, 2.05) is 0 Å². The summed E-state index contributed by atoms with van der Waals surface area (Å²) < 4.78 is 65.4. The second-order valence-electron chi connectivity index (χ2n) is 3.50. The minimum Gasteiger partial charge on any atom is -0.406 e. The molecule has 0 bridgehead atoms. The van der Waals surface area contributed by atoms with Crippen molar-refractivity contribution in [2.45, 2.75) is 17.7 Å². The monoisotopic (exact) mass is 295 g/mol. The lowest BCUT2D eigenvalue weighted by atomic mass is 10.3. The topological polar surface area (TPSA) is 55.4 Å². The highest BCUT2D eigenvalue weighted by Crippen LogP contribution is 2.24. The molecule has 0 aliphatic carbocycles. The SMILES string of the molecule is C=CCCNS(=O)(=O)c1cccc(OC(F)(F)F)c1. The molecule has 0 fully saturated rings. The average molecular weight is 295 g/mol. The molecule has 0 aliphatic rings. The van der Waals surface area contributed by atoms with Gasteiger partial charge in [0.1, 0.15) is 5.75 Å². The van der Waals surface area contributed by atoms with Crippen molar-refractivity contribution in [3.63, 3.8) is 0 Å². The summed E-state index contributed by atoms with van der Waals surface area (Å²) in [4.78, 5) is -0.293. The van der Waals surface area contributed by atoms with E-state index in [0.29, 0.717) is 6.42 Å². The number of alkyl halides is 3. The van der Waals surface area contributed by atoms with Crippen molar-refractivity contribution in [2.75, 3.05) is 6.54 Å². The number of rotatable bonds is 6. The third kappa shape index (κ3) is 5.31. The predicted molar refractivity (Wildman–Crippen MR) is 63.1 cm³/mol. The molecule has 0 atom stereocenters. The lowest BCUT2D eigenvalue weighted by Crippen LogP contribution is -2.24. The summed E-state index contributed by atoms with van der Waals surface area (Å²) in [5.41, 5.74) is 0. The molecule has 0 spiro atoms. The van der Waals surface area contributed by atoms with Crippen LogP contribution in [0.15, 0.2) is 41.8 Å². The van der Waals surface area contributed by atoms with E-state index in [0.717, 1.165) is 12.1 Å². The molecule has 1 aromatic rings. The highest BCUT2D eigenvalue weighted by molar-refractivity contribution is 7.89. The van der Waals surface area contributed by atoms with Crippen molar-refractivity contribution in [3.8, 4) is 5.75 Å². The molecule has 0 unspecified atom stereocenters. The zero-order valence-electron chi connectivity index (χ0n) is 9.77. The van der Waals surface area contributed by atoms with E-state index in [9.17, 15) is 21.6 Å². The quantitative estimate of drug-likeness (QED) is 0.648. The molecule has 0 aliphatic heterocycles. The molecule has 0 saturated heterocycles. The summed E-state index contributed by atoms with van der Waals surface area (Å²) in [6, 6.07) is 4.18. The first-order chi connectivity index (χ1) is 8.74. The van der Waals surface area contributed by atoms with Crippen molar-refractivity contribution in [1.29, 1.82) is 0 Å². The molecule has 1 N–H and O–H groups in total. The Bertz CT molecular complexity index is 540. The average Bonchev–Trinajstić information content (AvgIpc) is 2.27. The Morgan fingerprint density at radius 3 is 2.63 bits per heavy atom. The highest BCUT2D eigenvalue weighted by atomic mass is 32.2. The van der Waals surface area contributed by atoms with Crippen LogP contribution in [0.1, 0.15) is 6.42 Å². The third-order valence-corrected chi connectivity index (χ3v) is 3.45. The Labute approximate surface area is 108 Å². The molecular formula is C11H12F3NO3S. The summed E-state index contributed by atoms with van der Waals surface area (Å²) >= 11 is 0. The second-order valence-corrected chi connectivity index (χ2v) is 5.26. The zero-order valence-corrected chi connectivity index (χ0v) is 10.6. The Hall–Kier alpha value is -1.54. The van der Waals surface area contributed by atoms with E-state index in [4.69, 9.17) is 0 Å². The van der Waals surface area contributed by atoms with Gasteiger partial charge in [-0.05, 0) is 18.6 Å². The van der Waals surface area contributed by atoms with Gasteiger partial charge in [-0.1, -0.05) is 12.1 Å². The van der Waals surface area contributed by atoms with Crippen molar-refractivity contribution in [1.82, 2.24) is 4.72 Å². The first-order valence-electron chi connectivity index (χ1n) is 5.21. The van der Waals surface area contributed by atoms with Crippen LogP contribution >= 0.6 is 0 Å². The third-order valence-electron chi connectivity index (χ3n) is 1.99. The molecule has 19 heavy (non-hydrogen) atoms. The number of hydrogen-bond acceptors (Lipinski definition) is 3. The molecule has 0 radical (unpaired) electrons. The summed E-state index contributed by atoms with van der Waals surface area (Å²) in [5.74, 6) is -0.584. The van der Waals surface area contributed by atoms with Crippen LogP contribution < -0.4 is 9.46 Å². The lowest BCUT2D eigenvalue weighted by molar-refractivity contribution is -0.274. The Morgan fingerprint density at radius 2 is 2.05 bits per heavy atom. The second kappa shape index (κ2) is 6.07. The van der Waals surface area contributed by atoms with Crippen LogP contribution in [0.25, 0.3) is 0 Å². The van der Waals surface area contributed by atoms with Crippen LogP contribution in [0.3, 0.4) is 0 Å². The molecule has 106 valence electrons.